The zero-order chi connectivity index (χ0) is 15.9. The van der Waals surface area contributed by atoms with E-state index in [1.54, 1.807) is 0 Å². The summed E-state index contributed by atoms with van der Waals surface area (Å²) in [6, 6.07) is 18.5. The fraction of sp³-hybridized carbons (Fsp3) is 0.182. The summed E-state index contributed by atoms with van der Waals surface area (Å²) in [4.78, 5) is 2.33. The highest BCUT2D eigenvalue weighted by Gasteiger charge is 2.04. The molecular weight excluding hydrogens is 278 g/mol. The van der Waals surface area contributed by atoms with Gasteiger partial charge < -0.3 is 4.90 Å². The van der Waals surface area contributed by atoms with E-state index < -0.39 is 0 Å². The first-order valence-corrected chi connectivity index (χ1v) is 8.02. The SMILES string of the molecule is CN1CC=C(/C=C/c2ccc(C#Cc3ccccc3)cc2)CC1. The first-order valence-electron chi connectivity index (χ1n) is 8.02. The number of allylic oxidation sites excluding steroid dienone is 1. The van der Waals surface area contributed by atoms with Gasteiger partial charge in [-0.25, -0.2) is 0 Å². The molecule has 114 valence electrons. The van der Waals surface area contributed by atoms with E-state index in [9.17, 15) is 0 Å². The Morgan fingerprint density at radius 1 is 0.870 bits per heavy atom. The van der Waals surface area contributed by atoms with Crippen LogP contribution in [-0.4, -0.2) is 25.0 Å². The maximum absolute atomic E-state index is 3.21. The normalized spacial score (nSPS) is 15.1. The van der Waals surface area contributed by atoms with Crippen molar-refractivity contribution < 1.29 is 0 Å². The van der Waals surface area contributed by atoms with Gasteiger partial charge in [0.1, 0.15) is 0 Å². The van der Waals surface area contributed by atoms with Crippen molar-refractivity contribution >= 4 is 6.08 Å². The largest absolute Gasteiger partial charge is 0.302 e. The minimum absolute atomic E-state index is 1.05. The molecule has 0 atom stereocenters. The summed E-state index contributed by atoms with van der Waals surface area (Å²) in [5.74, 6) is 6.39. The lowest BCUT2D eigenvalue weighted by Gasteiger charge is -2.20. The minimum atomic E-state index is 1.05. The molecule has 0 fully saturated rings. The van der Waals surface area contributed by atoms with Gasteiger partial charge in [0.25, 0.3) is 0 Å². The molecule has 0 saturated carbocycles. The van der Waals surface area contributed by atoms with Crippen molar-refractivity contribution in [3.8, 4) is 11.8 Å². The lowest BCUT2D eigenvalue weighted by Crippen LogP contribution is -2.23. The fourth-order valence-corrected chi connectivity index (χ4v) is 2.48. The van der Waals surface area contributed by atoms with Crippen LogP contribution in [0.1, 0.15) is 23.1 Å². The molecule has 1 heterocycles. The van der Waals surface area contributed by atoms with Gasteiger partial charge in [0.05, 0.1) is 0 Å². The molecule has 0 aromatic heterocycles. The first kappa shape index (κ1) is 15.3. The maximum Gasteiger partial charge on any atom is 0.0249 e. The molecule has 0 radical (unpaired) electrons. The van der Waals surface area contributed by atoms with Crippen LogP contribution in [0.2, 0.25) is 0 Å². The van der Waals surface area contributed by atoms with Crippen molar-refractivity contribution in [3.63, 3.8) is 0 Å². The van der Waals surface area contributed by atoms with E-state index in [0.717, 1.165) is 30.6 Å². The van der Waals surface area contributed by atoms with Gasteiger partial charge in [0.15, 0.2) is 0 Å². The van der Waals surface area contributed by atoms with Gasteiger partial charge in [-0.3, -0.25) is 0 Å². The maximum atomic E-state index is 3.21. The number of nitrogens with zero attached hydrogens (tertiary/aromatic N) is 1. The molecule has 1 nitrogen and oxygen atoms in total. The Kier molecular flexibility index (Phi) is 5.09. The highest BCUT2D eigenvalue weighted by atomic mass is 15.1. The predicted molar refractivity (Wildman–Crippen MR) is 98.1 cm³/mol. The summed E-state index contributed by atoms with van der Waals surface area (Å²) in [5, 5.41) is 0. The minimum Gasteiger partial charge on any atom is -0.302 e. The van der Waals surface area contributed by atoms with Crippen LogP contribution in [-0.2, 0) is 0 Å². The smallest absolute Gasteiger partial charge is 0.0249 e. The first-order chi connectivity index (χ1) is 11.3. The molecule has 0 bridgehead atoms. The fourth-order valence-electron chi connectivity index (χ4n) is 2.48. The number of benzene rings is 2. The third-order valence-electron chi connectivity index (χ3n) is 3.97. The van der Waals surface area contributed by atoms with Crippen LogP contribution < -0.4 is 0 Å². The third kappa shape index (κ3) is 4.71. The molecule has 0 amide bonds. The summed E-state index contributed by atoms with van der Waals surface area (Å²) in [6.45, 7) is 2.19. The monoisotopic (exact) mass is 299 g/mol. The Hall–Kier alpha value is -2.56. The van der Waals surface area contributed by atoms with Crippen molar-refractivity contribution in [2.75, 3.05) is 20.1 Å². The van der Waals surface area contributed by atoms with E-state index >= 15 is 0 Å². The van der Waals surface area contributed by atoms with Gasteiger partial charge in [0.2, 0.25) is 0 Å². The van der Waals surface area contributed by atoms with Crippen molar-refractivity contribution in [2.45, 2.75) is 6.42 Å². The molecule has 23 heavy (non-hydrogen) atoms. The second-order valence-electron chi connectivity index (χ2n) is 5.86. The van der Waals surface area contributed by atoms with Crippen LogP contribution in [0, 0.1) is 11.8 Å². The third-order valence-corrected chi connectivity index (χ3v) is 3.97. The second-order valence-corrected chi connectivity index (χ2v) is 5.86. The summed E-state index contributed by atoms with van der Waals surface area (Å²) < 4.78 is 0. The Labute approximate surface area is 139 Å². The van der Waals surface area contributed by atoms with Crippen LogP contribution in [0.3, 0.4) is 0 Å². The molecule has 2 aromatic carbocycles. The van der Waals surface area contributed by atoms with Crippen molar-refractivity contribution in [3.05, 3.63) is 89.0 Å². The molecule has 0 aliphatic carbocycles. The summed E-state index contributed by atoms with van der Waals surface area (Å²) in [7, 11) is 2.16. The van der Waals surface area contributed by atoms with Gasteiger partial charge in [-0.2, -0.15) is 0 Å². The summed E-state index contributed by atoms with van der Waals surface area (Å²) in [5.41, 5.74) is 4.74. The Balaban J connectivity index is 1.65. The van der Waals surface area contributed by atoms with Crippen LogP contribution in [0.25, 0.3) is 6.08 Å². The number of hydrogen-bond donors (Lipinski definition) is 0. The van der Waals surface area contributed by atoms with Crippen LogP contribution in [0.5, 0.6) is 0 Å². The lowest BCUT2D eigenvalue weighted by molar-refractivity contribution is 0.361. The summed E-state index contributed by atoms with van der Waals surface area (Å²) in [6.07, 6.45) is 7.86. The van der Waals surface area contributed by atoms with E-state index in [1.807, 2.05) is 30.3 Å². The zero-order valence-corrected chi connectivity index (χ0v) is 13.5. The molecule has 1 aliphatic rings. The number of likely N-dealkylation sites (N-methyl/N-ethyl adjacent to an activating group) is 1. The molecule has 1 heteroatoms. The van der Waals surface area contributed by atoms with Crippen molar-refractivity contribution in [1.29, 1.82) is 0 Å². The van der Waals surface area contributed by atoms with Gasteiger partial charge in [0, 0.05) is 24.2 Å². The lowest BCUT2D eigenvalue weighted by atomic mass is 10.1. The highest BCUT2D eigenvalue weighted by Crippen LogP contribution is 2.13. The average molecular weight is 299 g/mol. The molecule has 0 unspecified atom stereocenters. The highest BCUT2D eigenvalue weighted by molar-refractivity contribution is 5.55. The van der Waals surface area contributed by atoms with Gasteiger partial charge in [-0.1, -0.05) is 60.4 Å². The van der Waals surface area contributed by atoms with Gasteiger partial charge in [-0.05, 0) is 48.9 Å². The Morgan fingerprint density at radius 2 is 1.57 bits per heavy atom. The van der Waals surface area contributed by atoms with Crippen LogP contribution in [0.4, 0.5) is 0 Å². The molecular formula is C22H21N. The summed E-state index contributed by atoms with van der Waals surface area (Å²) >= 11 is 0. The van der Waals surface area contributed by atoms with Crippen LogP contribution >= 0.6 is 0 Å². The van der Waals surface area contributed by atoms with E-state index in [4.69, 9.17) is 0 Å². The van der Waals surface area contributed by atoms with E-state index in [0.29, 0.717) is 0 Å². The molecule has 2 aromatic rings. The quantitative estimate of drug-likeness (QED) is 0.745. The van der Waals surface area contributed by atoms with Gasteiger partial charge in [-0.15, -0.1) is 0 Å². The predicted octanol–water partition coefficient (Wildman–Crippen LogP) is 4.36. The second kappa shape index (κ2) is 7.63. The van der Waals surface area contributed by atoms with Gasteiger partial charge >= 0.3 is 0 Å². The van der Waals surface area contributed by atoms with Crippen molar-refractivity contribution in [2.24, 2.45) is 0 Å². The van der Waals surface area contributed by atoms with Crippen molar-refractivity contribution in [1.82, 2.24) is 4.90 Å². The molecule has 0 saturated heterocycles. The topological polar surface area (TPSA) is 3.24 Å². The average Bonchev–Trinajstić information content (AvgIpc) is 2.61. The Morgan fingerprint density at radius 3 is 2.22 bits per heavy atom. The molecule has 1 aliphatic heterocycles. The van der Waals surface area contributed by atoms with Crippen LogP contribution in [0.15, 0.2) is 72.3 Å². The standard InChI is InChI=1S/C22H21N/c1-23-17-15-22(16-18-23)14-13-21-11-9-20(10-12-21)8-7-19-5-3-2-4-6-19/h2-6,9-15H,16-18H2,1H3/b14-13+. The molecule has 3 rings (SSSR count). The zero-order valence-electron chi connectivity index (χ0n) is 13.5. The molecule has 0 N–H and O–H groups in total. The van der Waals surface area contributed by atoms with E-state index in [1.165, 1.54) is 11.1 Å². The number of hydrogen-bond acceptors (Lipinski definition) is 1. The number of rotatable bonds is 2. The van der Waals surface area contributed by atoms with E-state index in [-0.39, 0.29) is 0 Å². The molecule has 0 spiro atoms. The Bertz CT molecular complexity index is 755. The van der Waals surface area contributed by atoms with E-state index in [2.05, 4.69) is 66.3 Å².